The lowest BCUT2D eigenvalue weighted by Crippen LogP contribution is -2.16. The van der Waals surface area contributed by atoms with Crippen molar-refractivity contribution >= 4 is 24.6 Å². The Balaban J connectivity index is 1.98. The number of hydrogen-bond donors (Lipinski definition) is 2. The number of anilines is 1. The molecule has 0 aromatic carbocycles. The minimum Gasteiger partial charge on any atom is -0.383 e. The summed E-state index contributed by atoms with van der Waals surface area (Å²) in [6.45, 7) is 7.69. The van der Waals surface area contributed by atoms with Crippen LogP contribution < -0.4 is 11.4 Å². The smallest absolute Gasteiger partial charge is 0.356 e. The molecule has 0 aliphatic carbocycles. The second-order valence-corrected chi connectivity index (χ2v) is 7.92. The van der Waals surface area contributed by atoms with Crippen LogP contribution in [0.5, 0.6) is 0 Å². The van der Waals surface area contributed by atoms with Gasteiger partial charge in [0.05, 0.1) is 25.1 Å². The molecule has 0 aliphatic rings. The molecular weight excluding hydrogens is 349 g/mol. The Morgan fingerprint density at radius 3 is 2.52 bits per heavy atom. The van der Waals surface area contributed by atoms with Crippen LogP contribution in [0.1, 0.15) is 27.7 Å². The van der Waals surface area contributed by atoms with Crippen molar-refractivity contribution in [2.24, 2.45) is 0 Å². The van der Waals surface area contributed by atoms with Crippen molar-refractivity contribution in [3.8, 4) is 0 Å². The lowest BCUT2D eigenvalue weighted by Gasteiger charge is -2.22. The van der Waals surface area contributed by atoms with Crippen LogP contribution in [-0.4, -0.2) is 44.7 Å². The Morgan fingerprint density at radius 2 is 1.92 bits per heavy atom. The molecule has 0 fully saturated rings. The number of nitrogens with zero attached hydrogens (tertiary/aromatic N) is 3. The van der Waals surface area contributed by atoms with Crippen LogP contribution in [0.3, 0.4) is 0 Å². The number of nitrogens with one attached hydrogen (secondary N) is 1. The molecule has 0 saturated heterocycles. The lowest BCUT2D eigenvalue weighted by atomic mass is 10.5. The molecule has 140 valence electrons. The molecule has 0 radical (unpaired) electrons. The van der Waals surface area contributed by atoms with Gasteiger partial charge < -0.3 is 24.1 Å². The van der Waals surface area contributed by atoms with Crippen molar-refractivity contribution in [3.05, 3.63) is 16.8 Å². The maximum Gasteiger partial charge on any atom is 0.356 e. The number of hydrogen-bond acceptors (Lipinski definition) is 8. The second kappa shape index (κ2) is 8.09. The summed E-state index contributed by atoms with van der Waals surface area (Å²) in [5.41, 5.74) is 5.93. The fourth-order valence-corrected chi connectivity index (χ4v) is 4.02. The topological polar surface area (TPSA) is 134 Å². The molecular formula is C14H24N5O5P. The summed E-state index contributed by atoms with van der Waals surface area (Å²) in [6, 6.07) is 0. The van der Waals surface area contributed by atoms with E-state index < -0.39 is 13.3 Å². The van der Waals surface area contributed by atoms with Crippen molar-refractivity contribution < 1.29 is 18.3 Å². The maximum atomic E-state index is 12.6. The number of ether oxygens (including phenoxy) is 1. The van der Waals surface area contributed by atoms with E-state index in [0.29, 0.717) is 17.7 Å². The summed E-state index contributed by atoms with van der Waals surface area (Å²) in [4.78, 5) is 21.8. The fourth-order valence-electron chi connectivity index (χ4n) is 2.21. The van der Waals surface area contributed by atoms with Gasteiger partial charge in [-0.3, -0.25) is 9.55 Å². The van der Waals surface area contributed by atoms with Gasteiger partial charge in [-0.15, -0.1) is 0 Å². The predicted octanol–water partition coefficient (Wildman–Crippen LogP) is 1.72. The van der Waals surface area contributed by atoms with Crippen molar-refractivity contribution in [2.45, 2.75) is 46.4 Å². The SMILES string of the molecule is CC(C)OP(=O)(COCCn1cnc2c(N)[nH]c(=O)nc21)OC(C)C. The number of imidazole rings is 1. The van der Waals surface area contributed by atoms with E-state index in [1.807, 2.05) is 0 Å². The van der Waals surface area contributed by atoms with Crippen molar-refractivity contribution in [3.63, 3.8) is 0 Å². The van der Waals surface area contributed by atoms with E-state index >= 15 is 0 Å². The number of fused-ring (bicyclic) bond motifs is 1. The van der Waals surface area contributed by atoms with Gasteiger partial charge in [0, 0.05) is 6.54 Å². The van der Waals surface area contributed by atoms with Gasteiger partial charge in [-0.1, -0.05) is 0 Å². The Labute approximate surface area is 145 Å². The summed E-state index contributed by atoms with van der Waals surface area (Å²) in [5, 5.41) is 0. The predicted molar refractivity (Wildman–Crippen MR) is 93.4 cm³/mol. The number of nitrogens with two attached hydrogens (primary N) is 1. The third kappa shape index (κ3) is 5.37. The summed E-state index contributed by atoms with van der Waals surface area (Å²) in [6.07, 6.45) is 0.861. The molecule has 0 saturated carbocycles. The van der Waals surface area contributed by atoms with Gasteiger partial charge in [0.2, 0.25) is 0 Å². The number of aromatic nitrogens is 4. The second-order valence-electron chi connectivity index (χ2n) is 6.02. The van der Waals surface area contributed by atoms with Gasteiger partial charge in [-0.2, -0.15) is 4.98 Å². The molecule has 0 bridgehead atoms. The van der Waals surface area contributed by atoms with Crippen LogP contribution in [0.4, 0.5) is 5.82 Å². The average Bonchev–Trinajstić information content (AvgIpc) is 2.85. The first kappa shape index (κ1) is 19.6. The molecule has 0 amide bonds. The van der Waals surface area contributed by atoms with Crippen LogP contribution in [0, 0.1) is 0 Å². The molecule has 2 rings (SSSR count). The van der Waals surface area contributed by atoms with Crippen LogP contribution in [0.2, 0.25) is 0 Å². The molecule has 0 spiro atoms. The maximum absolute atomic E-state index is 12.6. The van der Waals surface area contributed by atoms with Crippen molar-refractivity contribution in [1.82, 2.24) is 19.5 Å². The number of rotatable bonds is 9. The van der Waals surface area contributed by atoms with Crippen LogP contribution >= 0.6 is 7.60 Å². The fraction of sp³-hybridized carbons (Fsp3) is 0.643. The highest BCUT2D eigenvalue weighted by molar-refractivity contribution is 7.53. The summed E-state index contributed by atoms with van der Waals surface area (Å²) >= 11 is 0. The van der Waals surface area contributed by atoms with Crippen LogP contribution in [-0.2, 0) is 24.9 Å². The number of H-pyrrole nitrogens is 1. The zero-order valence-corrected chi connectivity index (χ0v) is 15.7. The van der Waals surface area contributed by atoms with Crippen molar-refractivity contribution in [2.75, 3.05) is 18.7 Å². The molecule has 2 heterocycles. The Hall–Kier alpha value is -1.74. The largest absolute Gasteiger partial charge is 0.383 e. The molecule has 11 heteroatoms. The molecule has 0 aliphatic heterocycles. The Kier molecular flexibility index (Phi) is 6.34. The molecule has 2 aromatic rings. The molecule has 0 atom stereocenters. The molecule has 10 nitrogen and oxygen atoms in total. The van der Waals surface area contributed by atoms with E-state index in [9.17, 15) is 9.36 Å². The summed E-state index contributed by atoms with van der Waals surface area (Å²) in [7, 11) is -3.34. The third-order valence-corrected chi connectivity index (χ3v) is 4.97. The quantitative estimate of drug-likeness (QED) is 0.501. The van der Waals surface area contributed by atoms with Gasteiger partial charge in [0.15, 0.2) is 5.65 Å². The summed E-state index contributed by atoms with van der Waals surface area (Å²) in [5.74, 6) is 0.162. The zero-order valence-electron chi connectivity index (χ0n) is 14.8. The molecule has 2 aromatic heterocycles. The Bertz CT molecular complexity index is 802. The van der Waals surface area contributed by atoms with E-state index in [4.69, 9.17) is 19.5 Å². The monoisotopic (exact) mass is 373 g/mol. The normalized spacial score (nSPS) is 12.6. The minimum absolute atomic E-state index is 0.161. The minimum atomic E-state index is -3.34. The third-order valence-electron chi connectivity index (χ3n) is 2.98. The highest BCUT2D eigenvalue weighted by atomic mass is 31.2. The Morgan fingerprint density at radius 1 is 1.28 bits per heavy atom. The lowest BCUT2D eigenvalue weighted by molar-refractivity contribution is 0.0961. The van der Waals surface area contributed by atoms with E-state index in [1.165, 1.54) is 6.33 Å². The van der Waals surface area contributed by atoms with Gasteiger partial charge in [0.1, 0.15) is 17.7 Å². The van der Waals surface area contributed by atoms with Gasteiger partial charge in [0.25, 0.3) is 0 Å². The first-order chi connectivity index (χ1) is 11.7. The van der Waals surface area contributed by atoms with E-state index in [2.05, 4.69) is 15.0 Å². The van der Waals surface area contributed by atoms with Gasteiger partial charge in [-0.05, 0) is 27.7 Å². The standard InChI is InChI=1S/C14H24N5O5P/c1-9(2)23-25(21,24-10(3)4)8-22-6-5-19-7-16-11-12(15)17-14(20)18-13(11)19/h7,9-10H,5-6,8H2,1-4H3,(H3,15,17,18,20). The van der Waals surface area contributed by atoms with Gasteiger partial charge >= 0.3 is 13.3 Å². The number of nitrogen functional groups attached to an aromatic ring is 1. The zero-order chi connectivity index (χ0) is 18.6. The highest BCUT2D eigenvalue weighted by Gasteiger charge is 2.28. The molecule has 3 N–H and O–H groups in total. The first-order valence-electron chi connectivity index (χ1n) is 7.94. The van der Waals surface area contributed by atoms with Gasteiger partial charge in [-0.25, -0.2) is 9.78 Å². The van der Waals surface area contributed by atoms with E-state index in [-0.39, 0.29) is 31.0 Å². The summed E-state index contributed by atoms with van der Waals surface area (Å²) < 4.78 is 30.6. The van der Waals surface area contributed by atoms with Crippen molar-refractivity contribution in [1.29, 1.82) is 0 Å². The van der Waals surface area contributed by atoms with E-state index in [1.54, 1.807) is 32.3 Å². The molecule has 0 unspecified atom stereocenters. The van der Waals surface area contributed by atoms with Crippen LogP contribution in [0.15, 0.2) is 11.1 Å². The number of aromatic amines is 1. The average molecular weight is 373 g/mol. The van der Waals surface area contributed by atoms with Crippen LogP contribution in [0.25, 0.3) is 11.2 Å². The molecule has 25 heavy (non-hydrogen) atoms. The van der Waals surface area contributed by atoms with E-state index in [0.717, 1.165) is 0 Å². The first-order valence-corrected chi connectivity index (χ1v) is 9.67. The highest BCUT2D eigenvalue weighted by Crippen LogP contribution is 2.50.